The highest BCUT2D eigenvalue weighted by Crippen LogP contribution is 2.22. The number of ether oxygens (including phenoxy) is 1. The number of carbonyl (C=O) groups is 2. The molecule has 2 aromatic rings. The zero-order chi connectivity index (χ0) is 21.8. The second-order valence-corrected chi connectivity index (χ2v) is 7.76. The van der Waals surface area contributed by atoms with Crippen LogP contribution in [0.1, 0.15) is 68.3 Å². The first kappa shape index (κ1) is 23.8. The van der Waals surface area contributed by atoms with Gasteiger partial charge in [0.1, 0.15) is 0 Å². The molecule has 2 aromatic carbocycles. The maximum Gasteiger partial charge on any atom is 0.305 e. The van der Waals surface area contributed by atoms with Crippen LogP contribution in [0.5, 0.6) is 0 Å². The number of methoxy groups -OCH3 is 1. The van der Waals surface area contributed by atoms with E-state index in [1.165, 1.54) is 25.5 Å². The van der Waals surface area contributed by atoms with Crippen LogP contribution in [0.3, 0.4) is 0 Å². The molecule has 2 rings (SSSR count). The van der Waals surface area contributed by atoms with Gasteiger partial charge in [-0.1, -0.05) is 62.4 Å². The molecule has 0 unspecified atom stereocenters. The number of carbonyl (C=O) groups excluding carboxylic acids is 2. The van der Waals surface area contributed by atoms with Crippen LogP contribution in [0.2, 0.25) is 0 Å². The van der Waals surface area contributed by atoms with Crippen molar-refractivity contribution >= 4 is 11.8 Å². The van der Waals surface area contributed by atoms with Gasteiger partial charge in [-0.3, -0.25) is 14.5 Å². The second-order valence-electron chi connectivity index (χ2n) is 7.76. The van der Waals surface area contributed by atoms with Crippen molar-refractivity contribution < 1.29 is 14.3 Å². The summed E-state index contributed by atoms with van der Waals surface area (Å²) < 4.78 is 4.62. The standard InChI is InChI=1S/C26H35NO3/c1-4-18-27(19-5-2)20-21-10-12-22(13-11-21)23-14-16-24(17-15-23)25(28)8-6-7-9-26(29)30-3/h10-17H,4-9,18-20H2,1-3H3. The SMILES string of the molecule is CCCN(CCC)Cc1ccc(-c2ccc(C(=O)CCCCC(=O)OC)cc2)cc1. The molecule has 0 aliphatic heterocycles. The van der Waals surface area contributed by atoms with Crippen molar-refractivity contribution in [2.75, 3.05) is 20.2 Å². The van der Waals surface area contributed by atoms with Crippen LogP contribution < -0.4 is 0 Å². The third kappa shape index (κ3) is 7.75. The first-order valence-corrected chi connectivity index (χ1v) is 11.1. The first-order valence-electron chi connectivity index (χ1n) is 11.1. The predicted molar refractivity (Wildman–Crippen MR) is 123 cm³/mol. The minimum Gasteiger partial charge on any atom is -0.469 e. The summed E-state index contributed by atoms with van der Waals surface area (Å²) in [7, 11) is 1.39. The van der Waals surface area contributed by atoms with Crippen molar-refractivity contribution in [1.29, 1.82) is 0 Å². The minimum atomic E-state index is -0.221. The predicted octanol–water partition coefficient (Wildman–Crippen LogP) is 5.89. The zero-order valence-corrected chi connectivity index (χ0v) is 18.7. The molecule has 30 heavy (non-hydrogen) atoms. The lowest BCUT2D eigenvalue weighted by Gasteiger charge is -2.21. The Morgan fingerprint density at radius 2 is 1.33 bits per heavy atom. The summed E-state index contributed by atoms with van der Waals surface area (Å²) in [4.78, 5) is 26.0. The second kappa shape index (κ2) is 13.0. The van der Waals surface area contributed by atoms with Crippen molar-refractivity contribution in [1.82, 2.24) is 4.90 Å². The van der Waals surface area contributed by atoms with Gasteiger partial charge in [0, 0.05) is 24.9 Å². The summed E-state index contributed by atoms with van der Waals surface area (Å²) in [5.41, 5.74) is 4.33. The number of benzene rings is 2. The van der Waals surface area contributed by atoms with Crippen LogP contribution in [-0.2, 0) is 16.1 Å². The van der Waals surface area contributed by atoms with E-state index < -0.39 is 0 Å². The van der Waals surface area contributed by atoms with Gasteiger partial charge < -0.3 is 4.74 Å². The Morgan fingerprint density at radius 3 is 1.87 bits per heavy atom. The largest absolute Gasteiger partial charge is 0.469 e. The Hall–Kier alpha value is -2.46. The van der Waals surface area contributed by atoms with E-state index in [1.54, 1.807) is 0 Å². The lowest BCUT2D eigenvalue weighted by atomic mass is 9.99. The van der Waals surface area contributed by atoms with E-state index in [1.807, 2.05) is 24.3 Å². The molecular weight excluding hydrogens is 374 g/mol. The van der Waals surface area contributed by atoms with Gasteiger partial charge in [0.2, 0.25) is 0 Å². The summed E-state index contributed by atoms with van der Waals surface area (Å²) in [5, 5.41) is 0. The molecule has 0 radical (unpaired) electrons. The Balaban J connectivity index is 1.91. The van der Waals surface area contributed by atoms with Crippen LogP contribution in [-0.4, -0.2) is 36.9 Å². The summed E-state index contributed by atoms with van der Waals surface area (Å²) >= 11 is 0. The molecule has 0 amide bonds. The van der Waals surface area contributed by atoms with Gasteiger partial charge >= 0.3 is 5.97 Å². The molecule has 0 saturated carbocycles. The Morgan fingerprint density at radius 1 is 0.800 bits per heavy atom. The van der Waals surface area contributed by atoms with E-state index in [9.17, 15) is 9.59 Å². The average molecular weight is 410 g/mol. The van der Waals surface area contributed by atoms with E-state index >= 15 is 0 Å². The molecule has 0 atom stereocenters. The van der Waals surface area contributed by atoms with E-state index in [4.69, 9.17) is 0 Å². The number of esters is 1. The van der Waals surface area contributed by atoms with Gasteiger partial charge in [-0.05, 0) is 55.5 Å². The van der Waals surface area contributed by atoms with E-state index in [2.05, 4.69) is 47.7 Å². The minimum absolute atomic E-state index is 0.119. The molecule has 4 heteroatoms. The molecule has 0 aliphatic rings. The highest BCUT2D eigenvalue weighted by molar-refractivity contribution is 5.96. The fourth-order valence-electron chi connectivity index (χ4n) is 3.61. The molecule has 4 nitrogen and oxygen atoms in total. The van der Waals surface area contributed by atoms with Gasteiger partial charge in [-0.25, -0.2) is 0 Å². The maximum atomic E-state index is 12.3. The van der Waals surface area contributed by atoms with Crippen molar-refractivity contribution in [3.05, 3.63) is 59.7 Å². The highest BCUT2D eigenvalue weighted by atomic mass is 16.5. The van der Waals surface area contributed by atoms with Gasteiger partial charge in [0.15, 0.2) is 5.78 Å². The molecule has 0 N–H and O–H groups in total. The van der Waals surface area contributed by atoms with Gasteiger partial charge in [-0.2, -0.15) is 0 Å². The lowest BCUT2D eigenvalue weighted by molar-refractivity contribution is -0.140. The summed E-state index contributed by atoms with van der Waals surface area (Å²) in [5.74, 6) is -0.102. The van der Waals surface area contributed by atoms with Crippen molar-refractivity contribution in [3.8, 4) is 11.1 Å². The van der Waals surface area contributed by atoms with Crippen LogP contribution >= 0.6 is 0 Å². The Kier molecular flexibility index (Phi) is 10.3. The molecule has 0 aromatic heterocycles. The number of rotatable bonds is 13. The van der Waals surface area contributed by atoms with Crippen LogP contribution in [0.15, 0.2) is 48.5 Å². The summed E-state index contributed by atoms with van der Waals surface area (Å²) in [6, 6.07) is 16.5. The number of hydrogen-bond donors (Lipinski definition) is 0. The average Bonchev–Trinajstić information content (AvgIpc) is 2.77. The number of unbranched alkanes of at least 4 members (excludes halogenated alkanes) is 1. The van der Waals surface area contributed by atoms with Crippen molar-refractivity contribution in [2.24, 2.45) is 0 Å². The first-order chi connectivity index (χ1) is 14.6. The van der Waals surface area contributed by atoms with E-state index in [-0.39, 0.29) is 11.8 Å². The van der Waals surface area contributed by atoms with Crippen LogP contribution in [0.25, 0.3) is 11.1 Å². The van der Waals surface area contributed by atoms with Gasteiger partial charge in [0.05, 0.1) is 7.11 Å². The molecule has 0 heterocycles. The molecule has 0 spiro atoms. The molecular formula is C26H35NO3. The number of Topliss-reactive ketones (excluding diaryl/α,β-unsaturated/α-hetero) is 1. The van der Waals surface area contributed by atoms with Gasteiger partial charge in [0.25, 0.3) is 0 Å². The highest BCUT2D eigenvalue weighted by Gasteiger charge is 2.08. The quantitative estimate of drug-likeness (QED) is 0.235. The van der Waals surface area contributed by atoms with E-state index in [0.29, 0.717) is 25.7 Å². The molecule has 0 aliphatic carbocycles. The molecule has 162 valence electrons. The Labute approximate surface area is 181 Å². The fraction of sp³-hybridized carbons (Fsp3) is 0.462. The molecule has 0 bridgehead atoms. The number of nitrogens with zero attached hydrogens (tertiary/aromatic N) is 1. The molecule has 0 saturated heterocycles. The maximum absolute atomic E-state index is 12.3. The monoisotopic (exact) mass is 409 g/mol. The number of ketones is 1. The summed E-state index contributed by atoms with van der Waals surface area (Å²) in [6.07, 6.45) is 4.55. The van der Waals surface area contributed by atoms with Crippen LogP contribution in [0.4, 0.5) is 0 Å². The number of hydrogen-bond acceptors (Lipinski definition) is 4. The zero-order valence-electron chi connectivity index (χ0n) is 18.7. The third-order valence-corrected chi connectivity index (χ3v) is 5.24. The lowest BCUT2D eigenvalue weighted by Crippen LogP contribution is -2.24. The van der Waals surface area contributed by atoms with E-state index in [0.717, 1.165) is 36.3 Å². The fourth-order valence-corrected chi connectivity index (χ4v) is 3.61. The Bertz CT molecular complexity index is 775. The van der Waals surface area contributed by atoms with Gasteiger partial charge in [-0.15, -0.1) is 0 Å². The van der Waals surface area contributed by atoms with Crippen LogP contribution in [0, 0.1) is 0 Å². The normalized spacial score (nSPS) is 10.9. The van der Waals surface area contributed by atoms with Crippen molar-refractivity contribution in [2.45, 2.75) is 58.9 Å². The van der Waals surface area contributed by atoms with Crippen molar-refractivity contribution in [3.63, 3.8) is 0 Å². The summed E-state index contributed by atoms with van der Waals surface area (Å²) in [6.45, 7) is 7.71. The third-order valence-electron chi connectivity index (χ3n) is 5.24. The smallest absolute Gasteiger partial charge is 0.305 e. The topological polar surface area (TPSA) is 46.6 Å². The molecule has 0 fully saturated rings.